The normalized spacial score (nSPS) is 18.0. The second-order valence-electron chi connectivity index (χ2n) is 23.1. The Kier molecular flexibility index (Phi) is 53.4. The van der Waals surface area contributed by atoms with Gasteiger partial charge in [0.1, 0.15) is 18.8 Å². The first-order chi connectivity index (χ1) is 39.6. The van der Waals surface area contributed by atoms with Gasteiger partial charge in [-0.15, -0.1) is 0 Å². The summed E-state index contributed by atoms with van der Waals surface area (Å²) in [4.78, 5) is 51.4. The van der Waals surface area contributed by atoms with Crippen molar-refractivity contribution in [1.82, 2.24) is 0 Å². The topological polar surface area (TPSA) is 175 Å². The highest BCUT2D eigenvalue weighted by Crippen LogP contribution is 2.27. The van der Waals surface area contributed by atoms with E-state index in [0.717, 1.165) is 103 Å². The number of aliphatic hydroxyl groups excluding tert-OH is 2. The van der Waals surface area contributed by atoms with Gasteiger partial charge in [-0.25, -0.2) is 4.79 Å². The van der Waals surface area contributed by atoms with E-state index in [1.807, 2.05) is 0 Å². The highest BCUT2D eigenvalue weighted by atomic mass is 16.7. The number of esters is 3. The lowest BCUT2D eigenvalue weighted by Gasteiger charge is -2.40. The number of carbonyl (C=O) groups excluding carboxylic acids is 3. The van der Waals surface area contributed by atoms with Crippen LogP contribution in [0, 0.1) is 0 Å². The smallest absolute Gasteiger partial charge is 0.335 e. The van der Waals surface area contributed by atoms with Gasteiger partial charge in [0.15, 0.2) is 24.6 Å². The third-order valence-corrected chi connectivity index (χ3v) is 15.3. The van der Waals surface area contributed by atoms with Crippen LogP contribution in [0.25, 0.3) is 0 Å². The first kappa shape index (κ1) is 75.7. The molecule has 0 bridgehead atoms. The van der Waals surface area contributed by atoms with E-state index in [2.05, 4.69) is 69.4 Å². The molecule has 0 aliphatic carbocycles. The summed E-state index contributed by atoms with van der Waals surface area (Å²) in [5.74, 6) is -3.11. The fraction of sp³-hybridized carbons (Fsp3) is 0.826. The zero-order valence-electron chi connectivity index (χ0n) is 52.0. The molecule has 1 aliphatic heterocycles. The number of unbranched alkanes of at least 4 members (excludes halogenated alkanes) is 36. The standard InChI is InChI=1S/C69H122O12/c1-4-7-10-13-16-19-22-25-28-30-31-33-36-39-42-45-48-51-54-57-63(72)80-67-65(74)64(73)66(68(75)76)81-69(67)78-59-60(79-62(71)56-53-50-47-44-41-38-34-27-24-21-18-15-12-9-6-3)58-77-61(70)55-52-49-46-43-40-37-35-32-29-26-23-20-17-14-11-8-5-2/h16,19,25-29,34,60,64-67,69,73-74H,4-15,17-18,20-24,30-33,35-59H2,1-3H3,(H,75,76)/b19-16-,28-25-,29-26-,34-27-. The molecule has 470 valence electrons. The molecule has 1 fully saturated rings. The van der Waals surface area contributed by atoms with Gasteiger partial charge in [0.05, 0.1) is 6.61 Å². The summed E-state index contributed by atoms with van der Waals surface area (Å²) >= 11 is 0. The second kappa shape index (κ2) is 57.1. The predicted octanol–water partition coefficient (Wildman–Crippen LogP) is 18.1. The van der Waals surface area contributed by atoms with Crippen LogP contribution in [0.1, 0.15) is 316 Å². The maximum atomic E-state index is 13.2. The minimum atomic E-state index is -1.91. The molecule has 6 unspecified atom stereocenters. The van der Waals surface area contributed by atoms with Crippen molar-refractivity contribution in [2.45, 2.75) is 353 Å². The number of hydrogen-bond acceptors (Lipinski definition) is 11. The Morgan fingerprint density at radius 2 is 0.741 bits per heavy atom. The van der Waals surface area contributed by atoms with Crippen LogP contribution in [-0.2, 0) is 42.9 Å². The van der Waals surface area contributed by atoms with Crippen molar-refractivity contribution in [2.24, 2.45) is 0 Å². The number of carboxylic acids is 1. The fourth-order valence-corrected chi connectivity index (χ4v) is 10.2. The van der Waals surface area contributed by atoms with E-state index in [9.17, 15) is 34.5 Å². The van der Waals surface area contributed by atoms with Crippen LogP contribution < -0.4 is 0 Å². The molecule has 0 aromatic heterocycles. The van der Waals surface area contributed by atoms with Gasteiger partial charge >= 0.3 is 23.9 Å². The SMILES string of the molecule is CCCCC/C=C\C/C=C\CCCCCCCCCCCC(=O)OC1C(OCC(COC(=O)CCCCCCCCC/C=C\CCCCCCCC)OC(=O)CCCCCCC/C=C\CCCCCCCC)OC(C(=O)O)C(O)C1O. The van der Waals surface area contributed by atoms with Crippen LogP contribution in [0.5, 0.6) is 0 Å². The minimum absolute atomic E-state index is 0.0559. The molecule has 1 aliphatic rings. The Bertz CT molecular complexity index is 1590. The average molecular weight is 1140 g/mol. The largest absolute Gasteiger partial charge is 0.479 e. The van der Waals surface area contributed by atoms with Crippen molar-refractivity contribution in [3.8, 4) is 0 Å². The molecular formula is C69H122O12. The average Bonchev–Trinajstić information content (AvgIpc) is 3.54. The fourth-order valence-electron chi connectivity index (χ4n) is 10.2. The molecule has 12 heteroatoms. The van der Waals surface area contributed by atoms with Crippen LogP contribution in [0.15, 0.2) is 48.6 Å². The molecule has 0 amide bonds. The molecule has 1 rings (SSSR count). The number of hydrogen-bond donors (Lipinski definition) is 3. The van der Waals surface area contributed by atoms with Crippen molar-refractivity contribution in [3.05, 3.63) is 48.6 Å². The Hall–Kier alpha value is -3.32. The van der Waals surface area contributed by atoms with Crippen LogP contribution in [0.2, 0.25) is 0 Å². The Labute approximate surface area is 494 Å². The maximum Gasteiger partial charge on any atom is 0.335 e. The van der Waals surface area contributed by atoms with E-state index in [1.54, 1.807) is 0 Å². The van der Waals surface area contributed by atoms with Crippen LogP contribution in [0.3, 0.4) is 0 Å². The van der Waals surface area contributed by atoms with E-state index in [1.165, 1.54) is 154 Å². The maximum absolute atomic E-state index is 13.2. The Morgan fingerprint density at radius 3 is 1.15 bits per heavy atom. The number of allylic oxidation sites excluding steroid dienone is 8. The van der Waals surface area contributed by atoms with Crippen molar-refractivity contribution >= 4 is 23.9 Å². The van der Waals surface area contributed by atoms with Gasteiger partial charge in [-0.3, -0.25) is 14.4 Å². The minimum Gasteiger partial charge on any atom is -0.479 e. The molecule has 1 heterocycles. The highest BCUT2D eigenvalue weighted by molar-refractivity contribution is 5.74. The molecule has 0 saturated carbocycles. The van der Waals surface area contributed by atoms with Crippen molar-refractivity contribution in [1.29, 1.82) is 0 Å². The molecule has 81 heavy (non-hydrogen) atoms. The zero-order chi connectivity index (χ0) is 58.9. The summed E-state index contributed by atoms with van der Waals surface area (Å²) in [5, 5.41) is 31.6. The van der Waals surface area contributed by atoms with Gasteiger partial charge in [0.2, 0.25) is 0 Å². The molecule has 0 aromatic carbocycles. The van der Waals surface area contributed by atoms with Crippen molar-refractivity contribution in [2.75, 3.05) is 13.2 Å². The van der Waals surface area contributed by atoms with Crippen LogP contribution in [-0.4, -0.2) is 89.2 Å². The summed E-state index contributed by atoms with van der Waals surface area (Å²) in [6.07, 6.45) is 57.7. The van der Waals surface area contributed by atoms with E-state index in [4.69, 9.17) is 23.7 Å². The molecule has 0 radical (unpaired) electrons. The van der Waals surface area contributed by atoms with Crippen molar-refractivity contribution < 1.29 is 58.2 Å². The zero-order valence-corrected chi connectivity index (χ0v) is 52.0. The van der Waals surface area contributed by atoms with Crippen molar-refractivity contribution in [3.63, 3.8) is 0 Å². The first-order valence-electron chi connectivity index (χ1n) is 33.6. The molecule has 12 nitrogen and oxygen atoms in total. The number of ether oxygens (including phenoxy) is 5. The number of rotatable bonds is 58. The molecule has 3 N–H and O–H groups in total. The van der Waals surface area contributed by atoms with Gasteiger partial charge in [-0.2, -0.15) is 0 Å². The predicted molar refractivity (Wildman–Crippen MR) is 331 cm³/mol. The number of carbonyl (C=O) groups is 4. The molecule has 1 saturated heterocycles. The number of aliphatic carboxylic acids is 1. The van der Waals surface area contributed by atoms with E-state index in [0.29, 0.717) is 19.3 Å². The van der Waals surface area contributed by atoms with E-state index in [-0.39, 0.29) is 25.9 Å². The summed E-state index contributed by atoms with van der Waals surface area (Å²) in [6, 6.07) is 0. The Morgan fingerprint density at radius 1 is 0.407 bits per heavy atom. The van der Waals surface area contributed by atoms with Gasteiger partial charge in [-0.1, -0.05) is 243 Å². The first-order valence-corrected chi connectivity index (χ1v) is 33.6. The third kappa shape index (κ3) is 46.7. The van der Waals surface area contributed by atoms with Gasteiger partial charge in [-0.05, 0) is 103 Å². The lowest BCUT2D eigenvalue weighted by molar-refractivity contribution is -0.301. The monoisotopic (exact) mass is 1140 g/mol. The summed E-state index contributed by atoms with van der Waals surface area (Å²) in [5.41, 5.74) is 0. The quantitative estimate of drug-likeness (QED) is 0.0228. The molecule has 0 spiro atoms. The third-order valence-electron chi connectivity index (χ3n) is 15.3. The summed E-state index contributed by atoms with van der Waals surface area (Å²) in [6.45, 7) is 5.99. The number of aliphatic hydroxyl groups is 2. The van der Waals surface area contributed by atoms with Crippen LogP contribution in [0.4, 0.5) is 0 Å². The number of carboxylic acid groups (broad SMARTS) is 1. The Balaban J connectivity index is 2.64. The van der Waals surface area contributed by atoms with Gasteiger partial charge in [0.25, 0.3) is 0 Å². The lowest BCUT2D eigenvalue weighted by atomic mass is 9.98. The van der Waals surface area contributed by atoms with Gasteiger partial charge in [0, 0.05) is 19.3 Å². The molecular weight excluding hydrogens is 1020 g/mol. The van der Waals surface area contributed by atoms with Gasteiger partial charge < -0.3 is 39.0 Å². The highest BCUT2D eigenvalue weighted by Gasteiger charge is 2.50. The van der Waals surface area contributed by atoms with E-state index < -0.39 is 67.3 Å². The molecule has 6 atom stereocenters. The summed E-state index contributed by atoms with van der Waals surface area (Å²) < 4.78 is 28.6. The summed E-state index contributed by atoms with van der Waals surface area (Å²) in [7, 11) is 0. The van der Waals surface area contributed by atoms with E-state index >= 15 is 0 Å². The second-order valence-corrected chi connectivity index (χ2v) is 23.1. The lowest BCUT2D eigenvalue weighted by Crippen LogP contribution is -2.61. The van der Waals surface area contributed by atoms with Crippen LogP contribution >= 0.6 is 0 Å². The molecule has 0 aromatic rings.